The first-order valence-electron chi connectivity index (χ1n) is 12.1. The largest absolute Gasteiger partial charge is 0.485 e. The summed E-state index contributed by atoms with van der Waals surface area (Å²) < 4.78 is 66.2. The van der Waals surface area contributed by atoms with Gasteiger partial charge >= 0.3 is 0 Å². The van der Waals surface area contributed by atoms with Gasteiger partial charge in [-0.1, -0.05) is 11.6 Å². The van der Waals surface area contributed by atoms with E-state index in [0.717, 1.165) is 15.9 Å². The molecule has 0 unspecified atom stereocenters. The molecule has 0 aliphatic carbocycles. The van der Waals surface area contributed by atoms with Gasteiger partial charge < -0.3 is 9.84 Å². The number of ether oxygens (including phenoxy) is 1. The summed E-state index contributed by atoms with van der Waals surface area (Å²) in [6, 6.07) is 1.74. The van der Waals surface area contributed by atoms with Crippen molar-refractivity contribution in [2.75, 3.05) is 0 Å². The Kier molecular flexibility index (Phi) is 5.90. The van der Waals surface area contributed by atoms with E-state index >= 15 is 4.39 Å². The van der Waals surface area contributed by atoms with Crippen molar-refractivity contribution in [3.8, 4) is 22.1 Å². The Labute approximate surface area is 221 Å². The van der Waals surface area contributed by atoms with E-state index in [1.807, 2.05) is 0 Å². The predicted molar refractivity (Wildman–Crippen MR) is 132 cm³/mol. The average molecular weight is 551 g/mol. The van der Waals surface area contributed by atoms with Crippen LogP contribution in [0, 0.1) is 17.5 Å². The molecule has 0 saturated heterocycles. The molecule has 0 saturated carbocycles. The van der Waals surface area contributed by atoms with Crippen LogP contribution in [0.2, 0.25) is 5.02 Å². The van der Waals surface area contributed by atoms with E-state index in [-0.39, 0.29) is 28.5 Å². The van der Waals surface area contributed by atoms with Gasteiger partial charge in [0.2, 0.25) is 0 Å². The van der Waals surface area contributed by atoms with E-state index in [4.69, 9.17) is 19.1 Å². The molecule has 4 aromatic heterocycles. The van der Waals surface area contributed by atoms with Gasteiger partial charge in [-0.05, 0) is 38.7 Å². The van der Waals surface area contributed by atoms with Crippen molar-refractivity contribution in [3.05, 3.63) is 85.4 Å². The van der Waals surface area contributed by atoms with Gasteiger partial charge in [0, 0.05) is 29.4 Å². The maximum absolute atomic E-state index is 16.1. The predicted octanol–water partition coefficient (Wildman–Crippen LogP) is 5.12. The van der Waals surface area contributed by atoms with Crippen molar-refractivity contribution in [2.24, 2.45) is 0 Å². The van der Waals surface area contributed by atoms with Crippen molar-refractivity contribution in [3.63, 3.8) is 0 Å². The third kappa shape index (κ3) is 4.74. The molecule has 12 heteroatoms. The molecule has 37 heavy (non-hydrogen) atoms. The molecule has 1 aliphatic rings. The number of hydrogen-bond donors (Lipinski definition) is 1. The summed E-state index contributed by atoms with van der Waals surface area (Å²) in [6.45, 7) is 0.181. The smallest absolute Gasteiger partial charge is 0.278 e. The summed E-state index contributed by atoms with van der Waals surface area (Å²) in [5.74, 6) is -3.51. The third-order valence-electron chi connectivity index (χ3n) is 5.76. The Morgan fingerprint density at radius 2 is 2.03 bits per heavy atom. The molecule has 1 N–H and O–H groups in total. The average Bonchev–Trinajstić information content (AvgIpc) is 3.26. The molecule has 0 spiro atoms. The summed E-state index contributed by atoms with van der Waals surface area (Å²) >= 11 is 7.38. The monoisotopic (exact) mass is 550 g/mol. The van der Waals surface area contributed by atoms with Gasteiger partial charge in [0.15, 0.2) is 11.6 Å². The molecule has 5 heterocycles. The molecule has 192 valence electrons. The van der Waals surface area contributed by atoms with Gasteiger partial charge in [-0.2, -0.15) is 0 Å². The van der Waals surface area contributed by atoms with E-state index in [0.29, 0.717) is 36.4 Å². The number of rotatable bonds is 5. The molecular weight excluding hydrogens is 529 g/mol. The fourth-order valence-electron chi connectivity index (χ4n) is 3.92. The zero-order valence-electron chi connectivity index (χ0n) is 21.5. The first-order chi connectivity index (χ1) is 18.3. The number of fused-ring (bicyclic) bond motifs is 3. The van der Waals surface area contributed by atoms with Crippen molar-refractivity contribution in [1.29, 1.82) is 0 Å². The van der Waals surface area contributed by atoms with E-state index in [1.165, 1.54) is 12.3 Å². The number of halogens is 4. The molecule has 4 aromatic rings. The van der Waals surface area contributed by atoms with Gasteiger partial charge in [-0.3, -0.25) is 19.3 Å². The zero-order chi connectivity index (χ0) is 28.3. The lowest BCUT2D eigenvalue weighted by Gasteiger charge is -2.17. The Balaban J connectivity index is 1.62. The SMILES string of the molecule is [2H]C([2H])(Oc1cc2n(c(=O)c1Cl)-c1c(cnc(-c3nc(C(C)(C)O)cs3)c1F)CCC2)c1ncc(F)cc1F. The fraction of sp³-hybridized carbons (Fsp3) is 0.280. The Morgan fingerprint density at radius 3 is 2.73 bits per heavy atom. The van der Waals surface area contributed by atoms with Crippen LogP contribution in [0.3, 0.4) is 0 Å². The number of nitrogens with zero attached hydrogens (tertiary/aromatic N) is 4. The minimum absolute atomic E-state index is 0.0692. The molecule has 0 atom stereocenters. The van der Waals surface area contributed by atoms with Gasteiger partial charge in [0.1, 0.15) is 45.1 Å². The quantitative estimate of drug-likeness (QED) is 0.371. The van der Waals surface area contributed by atoms with E-state index in [9.17, 15) is 18.7 Å². The molecule has 5 rings (SSSR count). The van der Waals surface area contributed by atoms with Crippen LogP contribution in [0.15, 0.2) is 34.7 Å². The second-order valence-electron chi connectivity index (χ2n) is 8.89. The Hall–Kier alpha value is -3.28. The third-order valence-corrected chi connectivity index (χ3v) is 6.96. The topological polar surface area (TPSA) is 90.1 Å². The first-order valence-corrected chi connectivity index (χ1v) is 12.3. The van der Waals surface area contributed by atoms with Gasteiger partial charge in [0.05, 0.1) is 20.3 Å². The second-order valence-corrected chi connectivity index (χ2v) is 10.1. The minimum Gasteiger partial charge on any atom is -0.485 e. The van der Waals surface area contributed by atoms with Crippen LogP contribution >= 0.6 is 22.9 Å². The highest BCUT2D eigenvalue weighted by atomic mass is 35.5. The van der Waals surface area contributed by atoms with Crippen LogP contribution in [0.25, 0.3) is 16.4 Å². The fourth-order valence-corrected chi connectivity index (χ4v) is 5.07. The van der Waals surface area contributed by atoms with Crippen molar-refractivity contribution < 1.29 is 25.8 Å². The molecule has 0 fully saturated rings. The first kappa shape index (κ1) is 22.9. The van der Waals surface area contributed by atoms with Gasteiger partial charge in [-0.15, -0.1) is 11.3 Å². The van der Waals surface area contributed by atoms with E-state index < -0.39 is 51.6 Å². The maximum Gasteiger partial charge on any atom is 0.278 e. The minimum atomic E-state index is -2.92. The number of pyridine rings is 3. The Morgan fingerprint density at radius 1 is 1.24 bits per heavy atom. The molecule has 0 bridgehead atoms. The summed E-state index contributed by atoms with van der Waals surface area (Å²) in [4.78, 5) is 25.5. The molecule has 0 radical (unpaired) electrons. The second kappa shape index (κ2) is 9.55. The summed E-state index contributed by atoms with van der Waals surface area (Å²) in [6.07, 6.45) is 3.24. The lowest BCUT2D eigenvalue weighted by Crippen LogP contribution is -2.24. The number of aryl methyl sites for hydroxylation is 2. The van der Waals surface area contributed by atoms with Crippen LogP contribution in [-0.2, 0) is 25.0 Å². The standard InChI is InChI=1S/C25H20ClF3N4O3S/c1-25(2,35)18-11-37-23(32-18)21-20(29)22-12(8-31-21)4-3-5-14-7-17(19(26)24(34)33(14)22)36-10-16-15(28)6-13(27)9-30-16/h6-9,11,35H,3-5,10H2,1-2H3/i10D2. The highest BCUT2D eigenvalue weighted by Gasteiger charge is 2.28. The zero-order valence-corrected chi connectivity index (χ0v) is 21.1. The van der Waals surface area contributed by atoms with Crippen LogP contribution in [-0.4, -0.2) is 24.6 Å². The van der Waals surface area contributed by atoms with Crippen LogP contribution < -0.4 is 10.3 Å². The number of aromatic nitrogens is 4. The summed E-state index contributed by atoms with van der Waals surface area (Å²) in [5.41, 5.74) is -2.09. The number of aliphatic hydroxyl groups is 1. The molecule has 0 aromatic carbocycles. The highest BCUT2D eigenvalue weighted by Crippen LogP contribution is 2.35. The molecular formula is C25H20ClF3N4O3S. The van der Waals surface area contributed by atoms with Crippen LogP contribution in [0.4, 0.5) is 13.2 Å². The van der Waals surface area contributed by atoms with Gasteiger partial charge in [-0.25, -0.2) is 18.2 Å². The lowest BCUT2D eigenvalue weighted by atomic mass is 10.1. The highest BCUT2D eigenvalue weighted by molar-refractivity contribution is 7.13. The summed E-state index contributed by atoms with van der Waals surface area (Å²) in [5, 5.41) is 11.5. The van der Waals surface area contributed by atoms with Crippen LogP contribution in [0.1, 0.15) is 45.7 Å². The Bertz CT molecular complexity index is 1670. The maximum atomic E-state index is 16.1. The molecule has 7 nitrogen and oxygen atoms in total. The normalized spacial score (nSPS) is 14.4. The number of hydrogen-bond acceptors (Lipinski definition) is 7. The number of thiazole rings is 1. The van der Waals surface area contributed by atoms with Crippen molar-refractivity contribution in [1.82, 2.24) is 19.5 Å². The van der Waals surface area contributed by atoms with Gasteiger partial charge in [0.25, 0.3) is 5.56 Å². The summed E-state index contributed by atoms with van der Waals surface area (Å²) in [7, 11) is 0. The lowest BCUT2D eigenvalue weighted by molar-refractivity contribution is 0.0746. The van der Waals surface area contributed by atoms with Crippen molar-refractivity contribution in [2.45, 2.75) is 45.3 Å². The molecule has 1 aliphatic heterocycles. The van der Waals surface area contributed by atoms with E-state index in [1.54, 1.807) is 19.2 Å². The van der Waals surface area contributed by atoms with Crippen LogP contribution in [0.5, 0.6) is 5.75 Å². The van der Waals surface area contributed by atoms with E-state index in [2.05, 4.69) is 15.0 Å². The molecule has 0 amide bonds. The van der Waals surface area contributed by atoms with Crippen molar-refractivity contribution >= 4 is 22.9 Å².